The van der Waals surface area contributed by atoms with Gasteiger partial charge in [0.15, 0.2) is 0 Å². The van der Waals surface area contributed by atoms with E-state index in [1.807, 2.05) is 12.1 Å². The molecule has 0 unspecified atom stereocenters. The first-order valence-electron chi connectivity index (χ1n) is 5.46. The Morgan fingerprint density at radius 2 is 2.17 bits per heavy atom. The van der Waals surface area contributed by atoms with Gasteiger partial charge in [0.2, 0.25) is 0 Å². The maximum absolute atomic E-state index is 11.6. The molecule has 0 radical (unpaired) electrons. The third-order valence-corrected chi connectivity index (χ3v) is 3.09. The second kappa shape index (κ2) is 5.35. The molecule has 0 spiro atoms. The number of fused-ring (bicyclic) bond motifs is 1. The first kappa shape index (κ1) is 12.8. The molecule has 2 aromatic rings. The number of rotatable bonds is 3. The SMILES string of the molecule is CCOC(=O)c1cnc2cc(Br)c(OC)cc2c1. The van der Waals surface area contributed by atoms with Crippen molar-refractivity contribution >= 4 is 32.8 Å². The number of benzene rings is 1. The van der Waals surface area contributed by atoms with Crippen LogP contribution in [0.3, 0.4) is 0 Å². The molecule has 0 N–H and O–H groups in total. The third kappa shape index (κ3) is 2.46. The molecule has 0 aliphatic rings. The second-order valence-electron chi connectivity index (χ2n) is 3.62. The van der Waals surface area contributed by atoms with Crippen LogP contribution < -0.4 is 4.74 Å². The Hall–Kier alpha value is -1.62. The summed E-state index contributed by atoms with van der Waals surface area (Å²) in [6.45, 7) is 2.12. The van der Waals surface area contributed by atoms with Crippen molar-refractivity contribution in [2.75, 3.05) is 13.7 Å². The molecule has 94 valence electrons. The highest BCUT2D eigenvalue weighted by atomic mass is 79.9. The minimum atomic E-state index is -0.367. The zero-order chi connectivity index (χ0) is 13.1. The highest BCUT2D eigenvalue weighted by Gasteiger charge is 2.10. The van der Waals surface area contributed by atoms with Crippen LogP contribution in [0.1, 0.15) is 17.3 Å². The summed E-state index contributed by atoms with van der Waals surface area (Å²) < 4.78 is 11.0. The Labute approximate surface area is 113 Å². The summed E-state index contributed by atoms with van der Waals surface area (Å²) in [5.74, 6) is 0.332. The van der Waals surface area contributed by atoms with E-state index in [1.54, 1.807) is 20.1 Å². The van der Waals surface area contributed by atoms with Gasteiger partial charge in [0.05, 0.1) is 29.3 Å². The molecule has 1 aromatic heterocycles. The number of hydrogen-bond acceptors (Lipinski definition) is 4. The molecule has 1 heterocycles. The van der Waals surface area contributed by atoms with Crippen molar-refractivity contribution in [1.29, 1.82) is 0 Å². The van der Waals surface area contributed by atoms with E-state index < -0.39 is 0 Å². The number of carbonyl (C=O) groups excluding carboxylic acids is 1. The lowest BCUT2D eigenvalue weighted by molar-refractivity contribution is 0.0526. The van der Waals surface area contributed by atoms with Gasteiger partial charge < -0.3 is 9.47 Å². The summed E-state index contributed by atoms with van der Waals surface area (Å²) in [6, 6.07) is 5.42. The number of halogens is 1. The van der Waals surface area contributed by atoms with E-state index in [0.717, 1.165) is 15.4 Å². The predicted octanol–water partition coefficient (Wildman–Crippen LogP) is 3.18. The minimum absolute atomic E-state index is 0.348. The van der Waals surface area contributed by atoms with Gasteiger partial charge in [-0.05, 0) is 41.1 Å². The lowest BCUT2D eigenvalue weighted by Crippen LogP contribution is -2.05. The number of nitrogens with zero attached hydrogens (tertiary/aromatic N) is 1. The number of pyridine rings is 1. The average Bonchev–Trinajstić information content (AvgIpc) is 2.37. The molecule has 0 saturated heterocycles. The number of aromatic nitrogens is 1. The van der Waals surface area contributed by atoms with Crippen molar-refractivity contribution < 1.29 is 14.3 Å². The molecule has 0 bridgehead atoms. The standard InChI is InChI=1S/C13H12BrNO3/c1-3-18-13(16)9-4-8-5-12(17-2)10(14)6-11(8)15-7-9/h4-7H,3H2,1-2H3. The monoisotopic (exact) mass is 309 g/mol. The highest BCUT2D eigenvalue weighted by molar-refractivity contribution is 9.10. The molecule has 0 saturated carbocycles. The van der Waals surface area contributed by atoms with E-state index in [4.69, 9.17) is 9.47 Å². The van der Waals surface area contributed by atoms with Crippen LogP contribution in [-0.4, -0.2) is 24.7 Å². The van der Waals surface area contributed by atoms with Crippen LogP contribution in [0, 0.1) is 0 Å². The van der Waals surface area contributed by atoms with Gasteiger partial charge in [0.1, 0.15) is 5.75 Å². The Balaban J connectivity index is 2.50. The summed E-state index contributed by atoms with van der Waals surface area (Å²) in [4.78, 5) is 15.8. The molecule has 0 aliphatic heterocycles. The number of carbonyl (C=O) groups is 1. The summed E-state index contributed by atoms with van der Waals surface area (Å²) in [5.41, 5.74) is 1.23. The van der Waals surface area contributed by atoms with Gasteiger partial charge in [-0.2, -0.15) is 0 Å². The fourth-order valence-corrected chi connectivity index (χ4v) is 2.11. The minimum Gasteiger partial charge on any atom is -0.496 e. The quantitative estimate of drug-likeness (QED) is 0.817. The summed E-state index contributed by atoms with van der Waals surface area (Å²) in [5, 5.41) is 0.834. The molecule has 1 aromatic carbocycles. The van der Waals surface area contributed by atoms with Crippen LogP contribution in [0.15, 0.2) is 28.9 Å². The Kier molecular flexibility index (Phi) is 3.81. The first-order valence-corrected chi connectivity index (χ1v) is 6.25. The van der Waals surface area contributed by atoms with Crippen LogP contribution in [0.25, 0.3) is 10.9 Å². The van der Waals surface area contributed by atoms with Gasteiger partial charge in [-0.15, -0.1) is 0 Å². The van der Waals surface area contributed by atoms with Crippen LogP contribution >= 0.6 is 15.9 Å². The topological polar surface area (TPSA) is 48.4 Å². The number of ether oxygens (including phenoxy) is 2. The van der Waals surface area contributed by atoms with Crippen molar-refractivity contribution in [1.82, 2.24) is 4.98 Å². The molecule has 0 fully saturated rings. The van der Waals surface area contributed by atoms with Gasteiger partial charge in [0.25, 0.3) is 0 Å². The van der Waals surface area contributed by atoms with Crippen molar-refractivity contribution in [2.24, 2.45) is 0 Å². The van der Waals surface area contributed by atoms with E-state index in [9.17, 15) is 4.79 Å². The molecule has 2 rings (SSSR count). The van der Waals surface area contributed by atoms with Crippen molar-refractivity contribution in [3.8, 4) is 5.75 Å². The van der Waals surface area contributed by atoms with Gasteiger partial charge >= 0.3 is 5.97 Å². The van der Waals surface area contributed by atoms with Gasteiger partial charge in [0, 0.05) is 11.6 Å². The maximum Gasteiger partial charge on any atom is 0.339 e. The molecule has 0 amide bonds. The van der Waals surface area contributed by atoms with Crippen LogP contribution in [0.4, 0.5) is 0 Å². The predicted molar refractivity (Wildman–Crippen MR) is 72.0 cm³/mol. The van der Waals surface area contributed by atoms with Crippen molar-refractivity contribution in [2.45, 2.75) is 6.92 Å². The molecular weight excluding hydrogens is 298 g/mol. The largest absolute Gasteiger partial charge is 0.496 e. The smallest absolute Gasteiger partial charge is 0.339 e. The van der Waals surface area contributed by atoms with E-state index >= 15 is 0 Å². The highest BCUT2D eigenvalue weighted by Crippen LogP contribution is 2.29. The normalized spacial score (nSPS) is 10.4. The maximum atomic E-state index is 11.6. The number of esters is 1. The van der Waals surface area contributed by atoms with Gasteiger partial charge in [-0.25, -0.2) is 4.79 Å². The Morgan fingerprint density at radius 1 is 1.39 bits per heavy atom. The molecular formula is C13H12BrNO3. The average molecular weight is 310 g/mol. The molecule has 0 aliphatic carbocycles. The van der Waals surface area contributed by atoms with Crippen LogP contribution in [0.2, 0.25) is 0 Å². The summed E-state index contributed by atoms with van der Waals surface area (Å²) in [6.07, 6.45) is 1.51. The van der Waals surface area contributed by atoms with Crippen molar-refractivity contribution in [3.63, 3.8) is 0 Å². The molecule has 4 nitrogen and oxygen atoms in total. The lowest BCUT2D eigenvalue weighted by atomic mass is 10.1. The Morgan fingerprint density at radius 3 is 2.83 bits per heavy atom. The van der Waals surface area contributed by atoms with Gasteiger partial charge in [-0.3, -0.25) is 4.98 Å². The first-order chi connectivity index (χ1) is 8.65. The fourth-order valence-electron chi connectivity index (χ4n) is 1.61. The second-order valence-corrected chi connectivity index (χ2v) is 4.48. The molecule has 18 heavy (non-hydrogen) atoms. The molecule has 5 heteroatoms. The summed E-state index contributed by atoms with van der Waals surface area (Å²) in [7, 11) is 1.59. The zero-order valence-corrected chi connectivity index (χ0v) is 11.7. The zero-order valence-electron chi connectivity index (χ0n) is 10.1. The molecule has 0 atom stereocenters. The van der Waals surface area contributed by atoms with E-state index in [0.29, 0.717) is 17.9 Å². The van der Waals surface area contributed by atoms with Crippen LogP contribution in [-0.2, 0) is 4.74 Å². The van der Waals surface area contributed by atoms with E-state index in [-0.39, 0.29) is 5.97 Å². The van der Waals surface area contributed by atoms with E-state index in [1.165, 1.54) is 6.20 Å². The Bertz CT molecular complexity index is 598. The van der Waals surface area contributed by atoms with E-state index in [2.05, 4.69) is 20.9 Å². The van der Waals surface area contributed by atoms with Crippen molar-refractivity contribution in [3.05, 3.63) is 34.4 Å². The fraction of sp³-hybridized carbons (Fsp3) is 0.231. The van der Waals surface area contributed by atoms with Gasteiger partial charge in [-0.1, -0.05) is 0 Å². The lowest BCUT2D eigenvalue weighted by Gasteiger charge is -2.06. The number of methoxy groups -OCH3 is 1. The van der Waals surface area contributed by atoms with Crippen LogP contribution in [0.5, 0.6) is 5.75 Å². The number of hydrogen-bond donors (Lipinski definition) is 0. The summed E-state index contributed by atoms with van der Waals surface area (Å²) >= 11 is 3.39. The third-order valence-electron chi connectivity index (χ3n) is 2.47.